The smallest absolute Gasteiger partial charge is 0.227 e. The first-order valence-electron chi connectivity index (χ1n) is 18.2. The molecule has 0 spiro atoms. The van der Waals surface area contributed by atoms with Crippen LogP contribution in [0.15, 0.2) is 35.5 Å². The Labute approximate surface area is 295 Å². The monoisotopic (exact) mass is 709 g/mol. The summed E-state index contributed by atoms with van der Waals surface area (Å²) in [5.74, 6) is -2.94. The number of phenolic OH excluding ortho intramolecular Hbond substituents is 1. The van der Waals surface area contributed by atoms with Crippen LogP contribution in [0.3, 0.4) is 0 Å². The molecule has 13 heteroatoms. The van der Waals surface area contributed by atoms with E-state index in [1.54, 1.807) is 6.92 Å². The van der Waals surface area contributed by atoms with E-state index in [-0.39, 0.29) is 58.1 Å². The number of nitrogens with zero attached hydrogens (tertiary/aromatic N) is 4. The number of ether oxygens (including phenoxy) is 3. The van der Waals surface area contributed by atoms with Crippen molar-refractivity contribution in [2.45, 2.75) is 88.9 Å². The zero-order valence-corrected chi connectivity index (χ0v) is 29.1. The largest absolute Gasteiger partial charge is 0.508 e. The Morgan fingerprint density at radius 2 is 1.90 bits per heavy atom. The van der Waals surface area contributed by atoms with E-state index in [0.717, 1.165) is 64.2 Å². The lowest BCUT2D eigenvalue weighted by atomic mass is 9.74. The molecule has 3 aromatic rings. The number of aliphatic hydroxyl groups is 1. The summed E-state index contributed by atoms with van der Waals surface area (Å²) in [4.78, 5) is 13.9. The van der Waals surface area contributed by atoms with Crippen molar-refractivity contribution in [1.29, 1.82) is 0 Å². The number of halogens is 3. The van der Waals surface area contributed by atoms with Crippen molar-refractivity contribution in [1.82, 2.24) is 14.8 Å². The van der Waals surface area contributed by atoms with Gasteiger partial charge >= 0.3 is 0 Å². The molecule has 0 bridgehead atoms. The maximum atomic E-state index is 16.9. The predicted octanol–water partition coefficient (Wildman–Crippen LogP) is 5.78. The van der Waals surface area contributed by atoms with Crippen molar-refractivity contribution in [3.63, 3.8) is 0 Å². The van der Waals surface area contributed by atoms with Gasteiger partial charge in [0.2, 0.25) is 6.35 Å². The average molecular weight is 710 g/mol. The van der Waals surface area contributed by atoms with Crippen LogP contribution < -0.4 is 5.32 Å². The fraction of sp³-hybridized carbons (Fsp3) is 0.579. The molecule has 3 N–H and O–H groups in total. The standard InChI is InChI=1S/C38H46F3N5O5/c1-22-15-24(8-13-50-22)46-11-4-10-38(9-3-5-29(38)46)21-51-36-43-34-27(35(44-36)45-12-14-49-20-37(2,48)19-45)18-42-33(32(34)41)26-17-25(47)16-23-6-7-28(39)31(40)30(23)26/h6-7,16-18,22,24,29,36,43,47-48H,3-5,8-15,19-21H2,1-2H3/t22-,24-,29+,36?,37-,38?/m0/s1. The van der Waals surface area contributed by atoms with Crippen molar-refractivity contribution < 1.29 is 37.6 Å². The first-order chi connectivity index (χ1) is 24.5. The van der Waals surface area contributed by atoms with E-state index in [9.17, 15) is 14.6 Å². The molecule has 6 atom stereocenters. The molecule has 0 radical (unpaired) electrons. The van der Waals surface area contributed by atoms with Gasteiger partial charge in [-0.25, -0.2) is 18.2 Å². The summed E-state index contributed by atoms with van der Waals surface area (Å²) in [5, 5.41) is 24.7. The highest BCUT2D eigenvalue weighted by Gasteiger charge is 2.50. The van der Waals surface area contributed by atoms with Crippen LogP contribution in [-0.2, 0) is 14.2 Å². The van der Waals surface area contributed by atoms with E-state index in [0.29, 0.717) is 43.2 Å². The summed E-state index contributed by atoms with van der Waals surface area (Å²) in [6.07, 6.45) is 8.10. The van der Waals surface area contributed by atoms with Crippen LogP contribution >= 0.6 is 0 Å². The number of nitrogens with one attached hydrogen (secondary N) is 1. The predicted molar refractivity (Wildman–Crippen MR) is 186 cm³/mol. The van der Waals surface area contributed by atoms with Crippen molar-refractivity contribution >= 4 is 22.3 Å². The topological polar surface area (TPSA) is 112 Å². The molecule has 51 heavy (non-hydrogen) atoms. The molecule has 274 valence electrons. The molecular formula is C38H46F3N5O5. The summed E-state index contributed by atoms with van der Waals surface area (Å²) < 4.78 is 64.9. The minimum Gasteiger partial charge on any atom is -0.508 e. The van der Waals surface area contributed by atoms with Gasteiger partial charge in [0.15, 0.2) is 17.5 Å². The molecule has 1 saturated carbocycles. The lowest BCUT2D eigenvalue weighted by Gasteiger charge is -2.51. The van der Waals surface area contributed by atoms with Gasteiger partial charge in [0, 0.05) is 47.8 Å². The Kier molecular flexibility index (Phi) is 9.15. The summed E-state index contributed by atoms with van der Waals surface area (Å²) in [5.41, 5.74) is -1.25. The quantitative estimate of drug-likeness (QED) is 0.304. The minimum atomic E-state index is -1.20. The molecule has 3 saturated heterocycles. The number of aromatic nitrogens is 1. The lowest BCUT2D eigenvalue weighted by Crippen LogP contribution is -2.57. The molecule has 5 heterocycles. The maximum Gasteiger partial charge on any atom is 0.227 e. The van der Waals surface area contributed by atoms with E-state index in [1.807, 2.05) is 4.90 Å². The fourth-order valence-corrected chi connectivity index (χ4v) is 9.30. The zero-order valence-electron chi connectivity index (χ0n) is 29.1. The molecule has 2 unspecified atom stereocenters. The van der Waals surface area contributed by atoms with Gasteiger partial charge < -0.3 is 34.6 Å². The van der Waals surface area contributed by atoms with Gasteiger partial charge in [0.05, 0.1) is 43.7 Å². The van der Waals surface area contributed by atoms with Crippen LogP contribution in [0.1, 0.15) is 64.4 Å². The van der Waals surface area contributed by atoms with E-state index in [4.69, 9.17) is 19.2 Å². The van der Waals surface area contributed by atoms with Gasteiger partial charge in [-0.1, -0.05) is 12.5 Å². The average Bonchev–Trinajstić information content (AvgIpc) is 3.45. The number of phenols is 1. The number of rotatable bonds is 5. The van der Waals surface area contributed by atoms with Gasteiger partial charge in [-0.3, -0.25) is 9.88 Å². The number of amidine groups is 1. The van der Waals surface area contributed by atoms with Crippen molar-refractivity contribution in [3.05, 3.63) is 53.5 Å². The van der Waals surface area contributed by atoms with Crippen LogP contribution in [0.25, 0.3) is 22.0 Å². The van der Waals surface area contributed by atoms with Gasteiger partial charge in [-0.2, -0.15) is 0 Å². The first-order valence-corrected chi connectivity index (χ1v) is 18.2. The highest BCUT2D eigenvalue weighted by molar-refractivity contribution is 6.06. The second kappa shape index (κ2) is 13.5. The Morgan fingerprint density at radius 3 is 2.75 bits per heavy atom. The maximum absolute atomic E-state index is 16.9. The zero-order chi connectivity index (χ0) is 35.5. The molecule has 1 aliphatic carbocycles. The molecular weight excluding hydrogens is 663 g/mol. The van der Waals surface area contributed by atoms with Crippen molar-refractivity contribution in [2.75, 3.05) is 51.4 Å². The first kappa shape index (κ1) is 34.6. The molecule has 10 nitrogen and oxygen atoms in total. The number of benzene rings is 2. The number of aromatic hydroxyl groups is 1. The van der Waals surface area contributed by atoms with Gasteiger partial charge in [0.1, 0.15) is 22.9 Å². The highest BCUT2D eigenvalue weighted by atomic mass is 19.2. The molecule has 5 aliphatic rings. The summed E-state index contributed by atoms with van der Waals surface area (Å²) in [6, 6.07) is 5.63. The number of anilines is 1. The van der Waals surface area contributed by atoms with Crippen LogP contribution in [-0.4, -0.2) is 107 Å². The number of hydrogen-bond acceptors (Lipinski definition) is 10. The Bertz CT molecular complexity index is 1840. The second-order valence-corrected chi connectivity index (χ2v) is 15.4. The third kappa shape index (κ3) is 6.45. The Balaban J connectivity index is 1.15. The number of fused-ring (bicyclic) bond motifs is 3. The molecule has 0 amide bonds. The number of pyridine rings is 1. The summed E-state index contributed by atoms with van der Waals surface area (Å²) >= 11 is 0. The summed E-state index contributed by atoms with van der Waals surface area (Å²) in [7, 11) is 0. The van der Waals surface area contributed by atoms with Gasteiger partial charge in [-0.15, -0.1) is 0 Å². The lowest BCUT2D eigenvalue weighted by molar-refractivity contribution is -0.0895. The highest BCUT2D eigenvalue weighted by Crippen LogP contribution is 2.50. The number of β-amino-alcohol motifs (C(OH)–C–C–N with tert-alkyl or cyclic N) is 1. The molecule has 4 fully saturated rings. The van der Waals surface area contributed by atoms with E-state index >= 15 is 8.78 Å². The van der Waals surface area contributed by atoms with E-state index < -0.39 is 29.4 Å². The van der Waals surface area contributed by atoms with Crippen molar-refractivity contribution in [2.24, 2.45) is 10.4 Å². The molecule has 1 aromatic heterocycles. The number of piperidine rings is 1. The van der Waals surface area contributed by atoms with Gasteiger partial charge in [-0.05, 0) is 82.5 Å². The third-order valence-corrected chi connectivity index (χ3v) is 11.6. The fourth-order valence-electron chi connectivity index (χ4n) is 9.30. The Hall–Kier alpha value is -3.49. The molecule has 2 aromatic carbocycles. The SMILES string of the molecule is C[C@H]1C[C@@H](N2CCCC3(COC4N=C(N5CCOC[C@@](C)(O)C5)c5cnc(-c6cc(O)cc7ccc(F)c(F)c67)c(F)c5N4)CCC[C@@H]23)CCO1. The van der Waals surface area contributed by atoms with Crippen LogP contribution in [0.2, 0.25) is 0 Å². The van der Waals surface area contributed by atoms with Gasteiger partial charge in [0.25, 0.3) is 0 Å². The van der Waals surface area contributed by atoms with Crippen LogP contribution in [0.5, 0.6) is 5.75 Å². The van der Waals surface area contributed by atoms with E-state index in [1.165, 1.54) is 24.4 Å². The third-order valence-electron chi connectivity index (χ3n) is 11.6. The van der Waals surface area contributed by atoms with Crippen LogP contribution in [0.4, 0.5) is 18.9 Å². The number of likely N-dealkylation sites (tertiary alicyclic amines) is 1. The summed E-state index contributed by atoms with van der Waals surface area (Å²) in [6.45, 7) is 7.11. The van der Waals surface area contributed by atoms with E-state index in [2.05, 4.69) is 22.1 Å². The minimum absolute atomic E-state index is 0.0371. The number of hydrogen-bond donors (Lipinski definition) is 3. The number of aliphatic imine (C=N–C) groups is 1. The molecule has 4 aliphatic heterocycles. The second-order valence-electron chi connectivity index (χ2n) is 15.4. The Morgan fingerprint density at radius 1 is 1.06 bits per heavy atom. The molecule has 8 rings (SSSR count). The van der Waals surface area contributed by atoms with Crippen LogP contribution in [0, 0.1) is 22.9 Å². The van der Waals surface area contributed by atoms with Crippen molar-refractivity contribution in [3.8, 4) is 17.0 Å². The normalized spacial score (nSPS) is 31.5.